The van der Waals surface area contributed by atoms with Crippen molar-refractivity contribution in [2.45, 2.75) is 37.1 Å². The van der Waals surface area contributed by atoms with E-state index in [-0.39, 0.29) is 5.54 Å². The van der Waals surface area contributed by atoms with Gasteiger partial charge in [0.15, 0.2) is 0 Å². The van der Waals surface area contributed by atoms with Crippen LogP contribution in [0, 0.1) is 0 Å². The van der Waals surface area contributed by atoms with Gasteiger partial charge in [0.1, 0.15) is 0 Å². The van der Waals surface area contributed by atoms with Gasteiger partial charge >= 0.3 is 0 Å². The van der Waals surface area contributed by atoms with Crippen LogP contribution in [-0.2, 0) is 5.54 Å². The molecule has 0 spiro atoms. The lowest BCUT2D eigenvalue weighted by Crippen LogP contribution is -2.43. The fourth-order valence-corrected chi connectivity index (χ4v) is 4.38. The number of thioether (sulfide) groups is 1. The molecule has 0 bridgehead atoms. The zero-order valence-electron chi connectivity index (χ0n) is 9.92. The molecule has 1 unspecified atom stereocenters. The molecule has 1 heterocycles. The third-order valence-corrected chi connectivity index (χ3v) is 5.68. The molecule has 2 fully saturated rings. The smallest absolute Gasteiger partial charge is 0.0444 e. The Hall–Kier alpha value is -0.180. The Morgan fingerprint density at radius 1 is 1.35 bits per heavy atom. The quantitative estimate of drug-likeness (QED) is 0.880. The SMILES string of the molecule is NC1(c2ccc(C3CCSC3)c(Cl)c2)CCC1. The standard InChI is InChI=1S/C14H18ClNS/c15-13-8-11(14(16)5-1-6-14)2-3-12(13)10-4-7-17-9-10/h2-3,8,10H,1,4-7,9,16H2. The molecule has 0 radical (unpaired) electrons. The Bertz CT molecular complexity index is 422. The molecule has 1 atom stereocenters. The van der Waals surface area contributed by atoms with Crippen LogP contribution in [-0.4, -0.2) is 11.5 Å². The lowest BCUT2D eigenvalue weighted by Gasteiger charge is -2.39. The van der Waals surface area contributed by atoms with E-state index in [0.29, 0.717) is 5.92 Å². The van der Waals surface area contributed by atoms with Crippen molar-refractivity contribution in [1.29, 1.82) is 0 Å². The number of halogens is 1. The van der Waals surface area contributed by atoms with Crippen LogP contribution in [0.2, 0.25) is 5.02 Å². The highest BCUT2D eigenvalue weighted by molar-refractivity contribution is 7.99. The van der Waals surface area contributed by atoms with Crippen molar-refractivity contribution in [1.82, 2.24) is 0 Å². The van der Waals surface area contributed by atoms with Crippen LogP contribution in [0.15, 0.2) is 18.2 Å². The normalized spacial score (nSPS) is 26.8. The van der Waals surface area contributed by atoms with Crippen LogP contribution in [0.5, 0.6) is 0 Å². The fraction of sp³-hybridized carbons (Fsp3) is 0.571. The number of hydrogen-bond donors (Lipinski definition) is 1. The Kier molecular flexibility index (Phi) is 3.14. The second-order valence-corrected chi connectivity index (χ2v) is 6.86. The lowest BCUT2D eigenvalue weighted by molar-refractivity contribution is 0.253. The second kappa shape index (κ2) is 4.49. The van der Waals surface area contributed by atoms with Crippen molar-refractivity contribution in [2.75, 3.05) is 11.5 Å². The molecule has 1 nitrogen and oxygen atoms in total. The summed E-state index contributed by atoms with van der Waals surface area (Å²) < 4.78 is 0. The third kappa shape index (κ3) is 2.11. The maximum absolute atomic E-state index is 6.43. The Morgan fingerprint density at radius 2 is 2.18 bits per heavy atom. The van der Waals surface area contributed by atoms with E-state index in [4.69, 9.17) is 17.3 Å². The van der Waals surface area contributed by atoms with Gasteiger partial charge in [0.25, 0.3) is 0 Å². The minimum Gasteiger partial charge on any atom is -0.321 e. The van der Waals surface area contributed by atoms with Crippen LogP contribution >= 0.6 is 23.4 Å². The second-order valence-electron chi connectivity index (χ2n) is 5.31. The fourth-order valence-electron chi connectivity index (χ4n) is 2.79. The maximum Gasteiger partial charge on any atom is 0.0444 e. The first-order chi connectivity index (χ1) is 8.19. The predicted octanol–water partition coefficient (Wildman–Crippen LogP) is 3.90. The van der Waals surface area contributed by atoms with Gasteiger partial charge in [-0.3, -0.25) is 0 Å². The summed E-state index contributed by atoms with van der Waals surface area (Å²) in [6, 6.07) is 6.52. The molecule has 92 valence electrons. The summed E-state index contributed by atoms with van der Waals surface area (Å²) in [7, 11) is 0. The average Bonchev–Trinajstić information content (AvgIpc) is 2.79. The zero-order chi connectivity index (χ0) is 11.9. The van der Waals surface area contributed by atoms with E-state index in [9.17, 15) is 0 Å². The molecule has 1 saturated heterocycles. The van der Waals surface area contributed by atoms with E-state index in [1.807, 2.05) is 11.8 Å². The Balaban J connectivity index is 1.88. The largest absolute Gasteiger partial charge is 0.321 e. The molecule has 3 heteroatoms. The summed E-state index contributed by atoms with van der Waals surface area (Å²) in [5.41, 5.74) is 8.79. The van der Waals surface area contributed by atoms with Crippen LogP contribution < -0.4 is 5.73 Å². The van der Waals surface area contributed by atoms with Gasteiger partial charge in [-0.05, 0) is 54.5 Å². The van der Waals surface area contributed by atoms with Crippen molar-refractivity contribution in [3.63, 3.8) is 0 Å². The van der Waals surface area contributed by atoms with E-state index in [2.05, 4.69) is 18.2 Å². The van der Waals surface area contributed by atoms with E-state index in [1.54, 1.807) is 0 Å². The van der Waals surface area contributed by atoms with E-state index in [1.165, 1.54) is 35.5 Å². The number of rotatable bonds is 2. The minimum absolute atomic E-state index is 0.0907. The average molecular weight is 268 g/mol. The monoisotopic (exact) mass is 267 g/mol. The first-order valence-corrected chi connectivity index (χ1v) is 7.89. The maximum atomic E-state index is 6.43. The summed E-state index contributed by atoms with van der Waals surface area (Å²) in [5, 5.41) is 0.923. The molecular weight excluding hydrogens is 250 g/mol. The Labute approximate surface area is 112 Å². The molecule has 0 amide bonds. The zero-order valence-corrected chi connectivity index (χ0v) is 11.5. The van der Waals surface area contributed by atoms with Gasteiger partial charge in [0.05, 0.1) is 0 Å². The molecule has 1 aliphatic heterocycles. The van der Waals surface area contributed by atoms with Gasteiger partial charge in [0.2, 0.25) is 0 Å². The van der Waals surface area contributed by atoms with Crippen molar-refractivity contribution >= 4 is 23.4 Å². The highest BCUT2D eigenvalue weighted by Crippen LogP contribution is 2.42. The van der Waals surface area contributed by atoms with Crippen LogP contribution in [0.4, 0.5) is 0 Å². The number of hydrogen-bond acceptors (Lipinski definition) is 2. The summed E-state index contributed by atoms with van der Waals surface area (Å²) in [5.74, 6) is 3.13. The molecule has 1 aromatic carbocycles. The van der Waals surface area contributed by atoms with E-state index < -0.39 is 0 Å². The molecule has 1 saturated carbocycles. The summed E-state index contributed by atoms with van der Waals surface area (Å²) in [6.45, 7) is 0. The molecular formula is C14H18ClNS. The van der Waals surface area contributed by atoms with Crippen LogP contribution in [0.3, 0.4) is 0 Å². The van der Waals surface area contributed by atoms with Gasteiger partial charge in [-0.2, -0.15) is 11.8 Å². The highest BCUT2D eigenvalue weighted by atomic mass is 35.5. The molecule has 0 aromatic heterocycles. The summed E-state index contributed by atoms with van der Waals surface area (Å²) in [4.78, 5) is 0. The molecule has 17 heavy (non-hydrogen) atoms. The van der Waals surface area contributed by atoms with Crippen molar-refractivity contribution in [3.8, 4) is 0 Å². The minimum atomic E-state index is -0.0907. The van der Waals surface area contributed by atoms with Gasteiger partial charge in [-0.15, -0.1) is 0 Å². The van der Waals surface area contributed by atoms with E-state index in [0.717, 1.165) is 17.9 Å². The topological polar surface area (TPSA) is 26.0 Å². The highest BCUT2D eigenvalue weighted by Gasteiger charge is 2.34. The first kappa shape index (κ1) is 11.9. The van der Waals surface area contributed by atoms with Crippen molar-refractivity contribution < 1.29 is 0 Å². The van der Waals surface area contributed by atoms with E-state index >= 15 is 0 Å². The molecule has 2 N–H and O–H groups in total. The molecule has 1 aliphatic carbocycles. The van der Waals surface area contributed by atoms with Gasteiger partial charge < -0.3 is 5.73 Å². The van der Waals surface area contributed by atoms with Gasteiger partial charge in [-0.25, -0.2) is 0 Å². The molecule has 2 aliphatic rings. The van der Waals surface area contributed by atoms with Crippen molar-refractivity contribution in [3.05, 3.63) is 34.3 Å². The molecule has 3 rings (SSSR count). The Morgan fingerprint density at radius 3 is 2.71 bits per heavy atom. The predicted molar refractivity (Wildman–Crippen MR) is 75.9 cm³/mol. The molecule has 1 aromatic rings. The van der Waals surface area contributed by atoms with Crippen molar-refractivity contribution in [2.24, 2.45) is 5.73 Å². The van der Waals surface area contributed by atoms with Crippen LogP contribution in [0.1, 0.15) is 42.7 Å². The van der Waals surface area contributed by atoms with Gasteiger partial charge in [-0.1, -0.05) is 23.7 Å². The number of benzene rings is 1. The lowest BCUT2D eigenvalue weighted by atomic mass is 9.72. The number of nitrogens with two attached hydrogens (primary N) is 1. The van der Waals surface area contributed by atoms with Gasteiger partial charge in [0, 0.05) is 16.3 Å². The summed E-state index contributed by atoms with van der Waals surface area (Å²) >= 11 is 8.46. The third-order valence-electron chi connectivity index (χ3n) is 4.19. The van der Waals surface area contributed by atoms with Crippen LogP contribution in [0.25, 0.3) is 0 Å². The summed E-state index contributed by atoms with van der Waals surface area (Å²) in [6.07, 6.45) is 4.70. The first-order valence-electron chi connectivity index (χ1n) is 6.36.